The Kier molecular flexibility index (Phi) is 3.86. The molecule has 0 bridgehead atoms. The second-order valence-electron chi connectivity index (χ2n) is 4.10. The SMILES string of the molecule is CC(=O)CCc1ccnn1CC(C)C. The van der Waals surface area contributed by atoms with Crippen molar-refractivity contribution in [2.45, 2.75) is 40.2 Å². The summed E-state index contributed by atoms with van der Waals surface area (Å²) in [6.07, 6.45) is 3.23. The molecule has 14 heavy (non-hydrogen) atoms. The van der Waals surface area contributed by atoms with Crippen molar-refractivity contribution in [3.8, 4) is 0 Å². The van der Waals surface area contributed by atoms with Crippen LogP contribution in [0.5, 0.6) is 0 Å². The zero-order valence-electron chi connectivity index (χ0n) is 9.16. The first-order valence-electron chi connectivity index (χ1n) is 5.09. The van der Waals surface area contributed by atoms with E-state index in [1.165, 1.54) is 0 Å². The minimum absolute atomic E-state index is 0.238. The number of carbonyl (C=O) groups excluding carboxylic acids is 1. The predicted octanol–water partition coefficient (Wildman–Crippen LogP) is 2.06. The minimum atomic E-state index is 0.238. The van der Waals surface area contributed by atoms with Crippen LogP contribution in [0.15, 0.2) is 12.3 Å². The molecule has 1 aromatic heterocycles. The standard InChI is InChI=1S/C11H18N2O/c1-9(2)8-13-11(6-7-12-13)5-4-10(3)14/h6-7,9H,4-5,8H2,1-3H3. The van der Waals surface area contributed by atoms with Crippen molar-refractivity contribution in [3.05, 3.63) is 18.0 Å². The van der Waals surface area contributed by atoms with Gasteiger partial charge in [0.05, 0.1) is 0 Å². The number of Topliss-reactive ketones (excluding diaryl/α,β-unsaturated/α-hetero) is 1. The largest absolute Gasteiger partial charge is 0.300 e. The van der Waals surface area contributed by atoms with Crippen LogP contribution in [0.3, 0.4) is 0 Å². The Labute approximate surface area is 85.1 Å². The van der Waals surface area contributed by atoms with Crippen molar-refractivity contribution in [1.29, 1.82) is 0 Å². The highest BCUT2D eigenvalue weighted by Gasteiger charge is 2.05. The topological polar surface area (TPSA) is 34.9 Å². The van der Waals surface area contributed by atoms with Crippen molar-refractivity contribution in [2.24, 2.45) is 5.92 Å². The van der Waals surface area contributed by atoms with Gasteiger partial charge in [0, 0.05) is 24.9 Å². The van der Waals surface area contributed by atoms with Crippen LogP contribution in [0, 0.1) is 5.92 Å². The Morgan fingerprint density at radius 1 is 1.57 bits per heavy atom. The maximum Gasteiger partial charge on any atom is 0.130 e. The first-order chi connectivity index (χ1) is 6.59. The molecule has 0 atom stereocenters. The molecule has 3 heteroatoms. The third-order valence-electron chi connectivity index (χ3n) is 2.08. The van der Waals surface area contributed by atoms with Crippen LogP contribution in [0.4, 0.5) is 0 Å². The maximum atomic E-state index is 10.8. The maximum absolute atomic E-state index is 10.8. The molecular weight excluding hydrogens is 176 g/mol. The molecule has 0 amide bonds. The minimum Gasteiger partial charge on any atom is -0.300 e. The summed E-state index contributed by atoms with van der Waals surface area (Å²) in [5.74, 6) is 0.827. The van der Waals surface area contributed by atoms with Gasteiger partial charge in [0.2, 0.25) is 0 Å². The molecule has 0 aliphatic heterocycles. The fraction of sp³-hybridized carbons (Fsp3) is 0.636. The first kappa shape index (κ1) is 11.0. The van der Waals surface area contributed by atoms with Crippen LogP contribution in [0.25, 0.3) is 0 Å². The molecule has 0 aliphatic rings. The summed E-state index contributed by atoms with van der Waals surface area (Å²) in [7, 11) is 0. The molecule has 78 valence electrons. The average Bonchev–Trinajstić information content (AvgIpc) is 2.47. The molecule has 1 aromatic rings. The molecule has 3 nitrogen and oxygen atoms in total. The summed E-state index contributed by atoms with van der Waals surface area (Å²) in [5, 5.41) is 4.24. The van der Waals surface area contributed by atoms with E-state index in [9.17, 15) is 4.79 Å². The van der Waals surface area contributed by atoms with E-state index in [2.05, 4.69) is 18.9 Å². The number of rotatable bonds is 5. The van der Waals surface area contributed by atoms with Crippen molar-refractivity contribution in [2.75, 3.05) is 0 Å². The van der Waals surface area contributed by atoms with Gasteiger partial charge in [-0.15, -0.1) is 0 Å². The Bertz CT molecular complexity index is 302. The van der Waals surface area contributed by atoms with Gasteiger partial charge in [-0.25, -0.2) is 0 Å². The average molecular weight is 194 g/mol. The summed E-state index contributed by atoms with van der Waals surface area (Å²) in [5.41, 5.74) is 1.16. The zero-order valence-corrected chi connectivity index (χ0v) is 9.16. The molecule has 0 unspecified atom stereocenters. The smallest absolute Gasteiger partial charge is 0.130 e. The van der Waals surface area contributed by atoms with E-state index >= 15 is 0 Å². The van der Waals surface area contributed by atoms with E-state index in [-0.39, 0.29) is 5.78 Å². The molecule has 0 spiro atoms. The number of aromatic nitrogens is 2. The molecular formula is C11H18N2O. The van der Waals surface area contributed by atoms with Gasteiger partial charge in [0.1, 0.15) is 5.78 Å². The lowest BCUT2D eigenvalue weighted by atomic mass is 10.2. The van der Waals surface area contributed by atoms with Crippen LogP contribution in [-0.4, -0.2) is 15.6 Å². The molecule has 1 heterocycles. The normalized spacial score (nSPS) is 10.9. The summed E-state index contributed by atoms with van der Waals surface area (Å²) in [6.45, 7) is 6.89. The van der Waals surface area contributed by atoms with Crippen LogP contribution in [0.2, 0.25) is 0 Å². The molecule has 0 aliphatic carbocycles. The van der Waals surface area contributed by atoms with Crippen LogP contribution >= 0.6 is 0 Å². The molecule has 1 rings (SSSR count). The highest BCUT2D eigenvalue weighted by atomic mass is 16.1. The number of ketones is 1. The van der Waals surface area contributed by atoms with Gasteiger partial charge in [-0.3, -0.25) is 4.68 Å². The van der Waals surface area contributed by atoms with E-state index in [1.54, 1.807) is 13.1 Å². The van der Waals surface area contributed by atoms with E-state index in [0.717, 1.165) is 18.7 Å². The summed E-state index contributed by atoms with van der Waals surface area (Å²) < 4.78 is 1.99. The highest BCUT2D eigenvalue weighted by Crippen LogP contribution is 2.06. The zero-order chi connectivity index (χ0) is 10.6. The summed E-state index contributed by atoms with van der Waals surface area (Å²) in [4.78, 5) is 10.8. The first-order valence-corrected chi connectivity index (χ1v) is 5.09. The van der Waals surface area contributed by atoms with Gasteiger partial charge in [-0.2, -0.15) is 5.10 Å². The number of aryl methyl sites for hydroxylation is 1. The molecule has 0 saturated heterocycles. The Morgan fingerprint density at radius 3 is 2.86 bits per heavy atom. The number of hydrogen-bond donors (Lipinski definition) is 0. The van der Waals surface area contributed by atoms with E-state index in [4.69, 9.17) is 0 Å². The van der Waals surface area contributed by atoms with Crippen molar-refractivity contribution in [1.82, 2.24) is 9.78 Å². The third kappa shape index (κ3) is 3.32. The molecule has 0 aromatic carbocycles. The Morgan fingerprint density at radius 2 is 2.29 bits per heavy atom. The quantitative estimate of drug-likeness (QED) is 0.719. The monoisotopic (exact) mass is 194 g/mol. The summed E-state index contributed by atoms with van der Waals surface area (Å²) >= 11 is 0. The lowest BCUT2D eigenvalue weighted by molar-refractivity contribution is -0.117. The van der Waals surface area contributed by atoms with Crippen LogP contribution < -0.4 is 0 Å². The van der Waals surface area contributed by atoms with Crippen LogP contribution in [0.1, 0.15) is 32.9 Å². The molecule has 0 saturated carbocycles. The van der Waals surface area contributed by atoms with E-state index < -0.39 is 0 Å². The number of carbonyl (C=O) groups is 1. The van der Waals surface area contributed by atoms with Gasteiger partial charge in [-0.05, 0) is 25.3 Å². The number of hydrogen-bond acceptors (Lipinski definition) is 2. The fourth-order valence-electron chi connectivity index (χ4n) is 1.39. The van der Waals surface area contributed by atoms with E-state index in [1.807, 2.05) is 10.7 Å². The molecule has 0 N–H and O–H groups in total. The predicted molar refractivity (Wildman–Crippen MR) is 56.1 cm³/mol. The van der Waals surface area contributed by atoms with Crippen molar-refractivity contribution >= 4 is 5.78 Å². The van der Waals surface area contributed by atoms with Crippen LogP contribution in [-0.2, 0) is 17.8 Å². The van der Waals surface area contributed by atoms with Crippen molar-refractivity contribution < 1.29 is 4.79 Å². The lowest BCUT2D eigenvalue weighted by Crippen LogP contribution is -2.10. The number of nitrogens with zero attached hydrogens (tertiary/aromatic N) is 2. The van der Waals surface area contributed by atoms with E-state index in [0.29, 0.717) is 12.3 Å². The van der Waals surface area contributed by atoms with Gasteiger partial charge in [0.25, 0.3) is 0 Å². The Balaban J connectivity index is 2.58. The lowest BCUT2D eigenvalue weighted by Gasteiger charge is -2.08. The summed E-state index contributed by atoms with van der Waals surface area (Å²) in [6, 6.07) is 1.99. The van der Waals surface area contributed by atoms with Crippen molar-refractivity contribution in [3.63, 3.8) is 0 Å². The second-order valence-corrected chi connectivity index (χ2v) is 4.10. The molecule has 0 fully saturated rings. The van der Waals surface area contributed by atoms with Gasteiger partial charge >= 0.3 is 0 Å². The van der Waals surface area contributed by atoms with Gasteiger partial charge < -0.3 is 4.79 Å². The van der Waals surface area contributed by atoms with Gasteiger partial charge in [0.15, 0.2) is 0 Å². The molecule has 0 radical (unpaired) electrons. The van der Waals surface area contributed by atoms with Gasteiger partial charge in [-0.1, -0.05) is 13.8 Å². The second kappa shape index (κ2) is 4.94. The highest BCUT2D eigenvalue weighted by molar-refractivity contribution is 5.75. The Hall–Kier alpha value is -1.12. The third-order valence-corrected chi connectivity index (χ3v) is 2.08. The fourth-order valence-corrected chi connectivity index (χ4v) is 1.39.